The number of carbonyl (C=O) groups excluding carboxylic acids is 1. The molecule has 5 nitrogen and oxygen atoms in total. The molecule has 2 aromatic carbocycles. The minimum absolute atomic E-state index is 0.0549. The van der Waals surface area contributed by atoms with Crippen molar-refractivity contribution in [2.75, 3.05) is 12.1 Å². The monoisotopic (exact) mass is 354 g/mol. The molecule has 0 saturated heterocycles. The number of hydrogen-bond acceptors (Lipinski definition) is 4. The fraction of sp³-hybridized carbons (Fsp3) is 0.158. The molecule has 0 unspecified atom stereocenters. The maximum absolute atomic E-state index is 12.4. The van der Waals surface area contributed by atoms with Crippen molar-refractivity contribution in [3.8, 4) is 17.6 Å². The molecule has 0 radical (unpaired) electrons. The van der Waals surface area contributed by atoms with Gasteiger partial charge in [0.05, 0.1) is 5.02 Å². The zero-order valence-corrected chi connectivity index (χ0v) is 14.5. The first-order valence-corrected chi connectivity index (χ1v) is 7.95. The van der Waals surface area contributed by atoms with Crippen molar-refractivity contribution in [3.05, 3.63) is 57.6 Å². The fourth-order valence-corrected chi connectivity index (χ4v) is 2.70. The molecule has 126 valence electrons. The molecule has 1 aliphatic heterocycles. The Morgan fingerprint density at radius 3 is 2.64 bits per heavy atom. The van der Waals surface area contributed by atoms with E-state index in [-0.39, 0.29) is 12.4 Å². The van der Waals surface area contributed by atoms with Gasteiger partial charge >= 0.3 is 0 Å². The van der Waals surface area contributed by atoms with Crippen molar-refractivity contribution in [2.45, 2.75) is 13.8 Å². The zero-order chi connectivity index (χ0) is 18.0. The van der Waals surface area contributed by atoms with Crippen LogP contribution in [0.25, 0.3) is 6.08 Å². The average Bonchev–Trinajstić information content (AvgIpc) is 3.02. The van der Waals surface area contributed by atoms with Crippen LogP contribution in [0.4, 0.5) is 5.69 Å². The summed E-state index contributed by atoms with van der Waals surface area (Å²) in [5.74, 6) is 0.575. The molecule has 0 aromatic heterocycles. The molecule has 3 rings (SSSR count). The van der Waals surface area contributed by atoms with Gasteiger partial charge in [-0.15, -0.1) is 0 Å². The van der Waals surface area contributed by atoms with Gasteiger partial charge in [0.1, 0.15) is 11.6 Å². The van der Waals surface area contributed by atoms with Gasteiger partial charge in [-0.3, -0.25) is 4.79 Å². The summed E-state index contributed by atoms with van der Waals surface area (Å²) < 4.78 is 10.5. The third-order valence-corrected chi connectivity index (χ3v) is 4.11. The topological polar surface area (TPSA) is 71.4 Å². The van der Waals surface area contributed by atoms with Gasteiger partial charge in [-0.2, -0.15) is 5.26 Å². The Morgan fingerprint density at radius 1 is 1.24 bits per heavy atom. The lowest BCUT2D eigenvalue weighted by atomic mass is 10.1. The number of rotatable bonds is 3. The number of aryl methyl sites for hydroxylation is 2. The molecule has 0 saturated carbocycles. The van der Waals surface area contributed by atoms with E-state index in [9.17, 15) is 10.1 Å². The van der Waals surface area contributed by atoms with E-state index in [0.717, 1.165) is 11.1 Å². The Labute approximate surface area is 150 Å². The number of nitrogens with zero attached hydrogens (tertiary/aromatic N) is 1. The third-order valence-electron chi connectivity index (χ3n) is 3.79. The smallest absolute Gasteiger partial charge is 0.266 e. The predicted octanol–water partition coefficient (Wildman–Crippen LogP) is 4.23. The van der Waals surface area contributed by atoms with Crippen molar-refractivity contribution in [2.24, 2.45) is 0 Å². The molecule has 0 fully saturated rings. The van der Waals surface area contributed by atoms with Crippen LogP contribution in [0, 0.1) is 25.2 Å². The Kier molecular flexibility index (Phi) is 4.64. The number of carbonyl (C=O) groups is 1. The molecule has 1 N–H and O–H groups in total. The van der Waals surface area contributed by atoms with Gasteiger partial charge in [-0.1, -0.05) is 29.3 Å². The first-order valence-electron chi connectivity index (χ1n) is 7.57. The van der Waals surface area contributed by atoms with Gasteiger partial charge in [0.25, 0.3) is 5.91 Å². The quantitative estimate of drug-likeness (QED) is 0.661. The maximum Gasteiger partial charge on any atom is 0.266 e. The number of fused-ring (bicyclic) bond motifs is 1. The van der Waals surface area contributed by atoms with Gasteiger partial charge in [0.15, 0.2) is 11.5 Å². The van der Waals surface area contributed by atoms with Crippen LogP contribution in [-0.4, -0.2) is 12.7 Å². The molecule has 0 spiro atoms. The Balaban J connectivity index is 1.88. The Morgan fingerprint density at radius 2 is 1.96 bits per heavy atom. The molecule has 1 aliphatic rings. The number of benzene rings is 2. The highest BCUT2D eigenvalue weighted by Gasteiger charge is 2.17. The van der Waals surface area contributed by atoms with Crippen LogP contribution in [0.2, 0.25) is 5.02 Å². The lowest BCUT2D eigenvalue weighted by molar-refractivity contribution is -0.112. The second-order valence-corrected chi connectivity index (χ2v) is 6.08. The molecule has 1 amide bonds. The molecule has 6 heteroatoms. The summed E-state index contributed by atoms with van der Waals surface area (Å²) in [6, 6.07) is 10.8. The highest BCUT2D eigenvalue weighted by atomic mass is 35.5. The van der Waals surface area contributed by atoms with E-state index in [1.807, 2.05) is 38.1 Å². The first kappa shape index (κ1) is 16.9. The van der Waals surface area contributed by atoms with E-state index in [4.69, 9.17) is 21.1 Å². The van der Waals surface area contributed by atoms with Crippen LogP contribution in [0.5, 0.6) is 11.5 Å². The molecule has 25 heavy (non-hydrogen) atoms. The normalized spacial score (nSPS) is 12.6. The highest BCUT2D eigenvalue weighted by molar-refractivity contribution is 6.32. The van der Waals surface area contributed by atoms with Crippen molar-refractivity contribution in [3.63, 3.8) is 0 Å². The molecule has 0 bridgehead atoms. The summed E-state index contributed by atoms with van der Waals surface area (Å²) in [5, 5.41) is 12.5. The van der Waals surface area contributed by atoms with Crippen LogP contribution in [-0.2, 0) is 4.79 Å². The summed E-state index contributed by atoms with van der Waals surface area (Å²) in [7, 11) is 0. The fourth-order valence-electron chi connectivity index (χ4n) is 2.49. The van der Waals surface area contributed by atoms with E-state index in [1.54, 1.807) is 12.1 Å². The predicted molar refractivity (Wildman–Crippen MR) is 95.7 cm³/mol. The summed E-state index contributed by atoms with van der Waals surface area (Å²) in [6.07, 6.45) is 1.43. The van der Waals surface area contributed by atoms with Crippen LogP contribution in [0.1, 0.15) is 16.7 Å². The van der Waals surface area contributed by atoms with Crippen LogP contribution in [0.3, 0.4) is 0 Å². The van der Waals surface area contributed by atoms with Crippen molar-refractivity contribution < 1.29 is 14.3 Å². The summed E-state index contributed by atoms with van der Waals surface area (Å²) in [6.45, 7) is 3.99. The lowest BCUT2D eigenvalue weighted by Crippen LogP contribution is -2.14. The van der Waals surface area contributed by atoms with Crippen LogP contribution >= 0.6 is 11.6 Å². The Bertz CT molecular complexity index is 929. The number of nitrogens with one attached hydrogen (secondary N) is 1. The molecule has 0 aliphatic carbocycles. The van der Waals surface area contributed by atoms with E-state index in [2.05, 4.69) is 5.32 Å². The van der Waals surface area contributed by atoms with Crippen LogP contribution < -0.4 is 14.8 Å². The number of hydrogen-bond donors (Lipinski definition) is 1. The molecular formula is C19H15ClN2O3. The van der Waals surface area contributed by atoms with E-state index in [0.29, 0.717) is 27.8 Å². The van der Waals surface area contributed by atoms with Crippen LogP contribution in [0.15, 0.2) is 35.9 Å². The third kappa shape index (κ3) is 3.59. The summed E-state index contributed by atoms with van der Waals surface area (Å²) >= 11 is 6.20. The number of nitriles is 1. The lowest BCUT2D eigenvalue weighted by Gasteiger charge is -2.09. The van der Waals surface area contributed by atoms with Crippen molar-refractivity contribution in [1.82, 2.24) is 0 Å². The van der Waals surface area contributed by atoms with E-state index < -0.39 is 5.91 Å². The van der Waals surface area contributed by atoms with E-state index in [1.165, 1.54) is 6.08 Å². The minimum Gasteiger partial charge on any atom is -0.454 e. The van der Waals surface area contributed by atoms with Gasteiger partial charge < -0.3 is 14.8 Å². The highest BCUT2D eigenvalue weighted by Crippen LogP contribution is 2.37. The van der Waals surface area contributed by atoms with Gasteiger partial charge in [-0.05, 0) is 43.2 Å². The Hall–Kier alpha value is -2.97. The maximum atomic E-state index is 12.4. The minimum atomic E-state index is -0.497. The number of amides is 1. The van der Waals surface area contributed by atoms with Gasteiger partial charge in [-0.25, -0.2) is 0 Å². The molecular weight excluding hydrogens is 340 g/mol. The summed E-state index contributed by atoms with van der Waals surface area (Å²) in [5.41, 5.74) is 3.14. The first-order chi connectivity index (χ1) is 12.0. The summed E-state index contributed by atoms with van der Waals surface area (Å²) in [4.78, 5) is 12.4. The zero-order valence-electron chi connectivity index (χ0n) is 13.7. The second kappa shape index (κ2) is 6.88. The van der Waals surface area contributed by atoms with E-state index >= 15 is 0 Å². The SMILES string of the molecule is Cc1ccc(NC(=O)/C(C#N)=C/c2cc3c(cc2Cl)OCO3)c(C)c1. The number of ether oxygens (including phenoxy) is 2. The molecule has 2 aromatic rings. The largest absolute Gasteiger partial charge is 0.454 e. The van der Waals surface area contributed by atoms with Gasteiger partial charge in [0.2, 0.25) is 6.79 Å². The van der Waals surface area contributed by atoms with Crippen molar-refractivity contribution >= 4 is 29.3 Å². The molecule has 0 atom stereocenters. The van der Waals surface area contributed by atoms with Crippen molar-refractivity contribution in [1.29, 1.82) is 5.26 Å². The number of anilines is 1. The second-order valence-electron chi connectivity index (χ2n) is 5.67. The standard InChI is InChI=1S/C19H15ClN2O3/c1-11-3-4-16(12(2)5-11)22-19(23)14(9-21)6-13-7-17-18(8-15(13)20)25-10-24-17/h3-8H,10H2,1-2H3,(H,22,23)/b14-6+. The average molecular weight is 355 g/mol. The van der Waals surface area contributed by atoms with Gasteiger partial charge in [0, 0.05) is 11.8 Å². The molecule has 1 heterocycles. The number of halogens is 1.